The number of hydrogen-bond donors (Lipinski definition) is 1. The standard InChI is InChI=1S/C14H19NO/c1-10-9-12(7-8-13(10)15)14(16)11-5-3-2-4-6-11/h7-9,11H,2-6,15H2,1H3. The molecule has 1 aliphatic rings. The molecule has 1 fully saturated rings. The summed E-state index contributed by atoms with van der Waals surface area (Å²) in [6.07, 6.45) is 5.80. The molecule has 0 atom stereocenters. The Morgan fingerprint density at radius 1 is 1.25 bits per heavy atom. The van der Waals surface area contributed by atoms with Crippen molar-refractivity contribution in [2.24, 2.45) is 5.92 Å². The van der Waals surface area contributed by atoms with Gasteiger partial charge >= 0.3 is 0 Å². The zero-order valence-corrected chi connectivity index (χ0v) is 9.83. The molecule has 1 aliphatic carbocycles. The minimum Gasteiger partial charge on any atom is -0.399 e. The van der Waals surface area contributed by atoms with Gasteiger partial charge in [-0.05, 0) is 43.5 Å². The summed E-state index contributed by atoms with van der Waals surface area (Å²) in [5, 5.41) is 0. The molecule has 0 spiro atoms. The number of nitrogens with two attached hydrogens (primary N) is 1. The van der Waals surface area contributed by atoms with Gasteiger partial charge in [0.05, 0.1) is 0 Å². The van der Waals surface area contributed by atoms with Crippen LogP contribution in [0.2, 0.25) is 0 Å². The van der Waals surface area contributed by atoms with Gasteiger partial charge in [-0.2, -0.15) is 0 Å². The minimum absolute atomic E-state index is 0.247. The van der Waals surface area contributed by atoms with Gasteiger partial charge in [-0.1, -0.05) is 19.3 Å². The normalized spacial score (nSPS) is 17.3. The van der Waals surface area contributed by atoms with Gasteiger partial charge in [0.15, 0.2) is 5.78 Å². The Labute approximate surface area is 96.8 Å². The van der Waals surface area contributed by atoms with Gasteiger partial charge in [0.25, 0.3) is 0 Å². The Balaban J connectivity index is 2.16. The van der Waals surface area contributed by atoms with Gasteiger partial charge in [0.2, 0.25) is 0 Å². The van der Waals surface area contributed by atoms with Crippen LogP contribution in [0.5, 0.6) is 0 Å². The van der Waals surface area contributed by atoms with Gasteiger partial charge < -0.3 is 5.73 Å². The molecule has 2 heteroatoms. The average Bonchev–Trinajstić information content (AvgIpc) is 2.33. The fourth-order valence-electron chi connectivity index (χ4n) is 2.43. The van der Waals surface area contributed by atoms with Crippen molar-refractivity contribution < 1.29 is 4.79 Å². The first-order chi connectivity index (χ1) is 7.68. The Hall–Kier alpha value is -1.31. The lowest BCUT2D eigenvalue weighted by atomic mass is 9.83. The van der Waals surface area contributed by atoms with Crippen LogP contribution in [0.1, 0.15) is 48.0 Å². The second-order valence-corrected chi connectivity index (χ2v) is 4.77. The first-order valence-corrected chi connectivity index (χ1v) is 6.09. The van der Waals surface area contributed by atoms with Crippen LogP contribution in [0.4, 0.5) is 5.69 Å². The van der Waals surface area contributed by atoms with Crippen molar-refractivity contribution in [3.63, 3.8) is 0 Å². The van der Waals surface area contributed by atoms with Crippen molar-refractivity contribution in [1.29, 1.82) is 0 Å². The number of nitrogen functional groups attached to an aromatic ring is 1. The third-order valence-corrected chi connectivity index (χ3v) is 3.53. The van der Waals surface area contributed by atoms with Crippen LogP contribution in [-0.4, -0.2) is 5.78 Å². The molecule has 2 rings (SSSR count). The summed E-state index contributed by atoms with van der Waals surface area (Å²) in [6, 6.07) is 5.62. The number of aryl methyl sites for hydroxylation is 1. The lowest BCUT2D eigenvalue weighted by Gasteiger charge is -2.20. The molecule has 2 nitrogen and oxygen atoms in total. The highest BCUT2D eigenvalue weighted by Gasteiger charge is 2.22. The molecule has 86 valence electrons. The number of carbonyl (C=O) groups is 1. The fraction of sp³-hybridized carbons (Fsp3) is 0.500. The van der Waals surface area contributed by atoms with Crippen LogP contribution >= 0.6 is 0 Å². The quantitative estimate of drug-likeness (QED) is 0.610. The van der Waals surface area contributed by atoms with E-state index in [4.69, 9.17) is 5.73 Å². The monoisotopic (exact) mass is 217 g/mol. The predicted molar refractivity (Wildman–Crippen MR) is 66.5 cm³/mol. The third-order valence-electron chi connectivity index (χ3n) is 3.53. The van der Waals surface area contributed by atoms with Crippen molar-refractivity contribution >= 4 is 11.5 Å². The zero-order chi connectivity index (χ0) is 11.5. The average molecular weight is 217 g/mol. The largest absolute Gasteiger partial charge is 0.399 e. The van der Waals surface area contributed by atoms with Crippen molar-refractivity contribution in [2.75, 3.05) is 5.73 Å². The summed E-state index contributed by atoms with van der Waals surface area (Å²) in [5.74, 6) is 0.555. The molecule has 0 bridgehead atoms. The van der Waals surface area contributed by atoms with Gasteiger partial charge in [-0.15, -0.1) is 0 Å². The summed E-state index contributed by atoms with van der Waals surface area (Å²) in [6.45, 7) is 1.95. The maximum atomic E-state index is 12.2. The van der Waals surface area contributed by atoms with E-state index in [0.29, 0.717) is 5.78 Å². The van der Waals surface area contributed by atoms with Gasteiger partial charge in [0.1, 0.15) is 0 Å². The van der Waals surface area contributed by atoms with E-state index >= 15 is 0 Å². The fourth-order valence-corrected chi connectivity index (χ4v) is 2.43. The number of benzene rings is 1. The molecule has 0 aromatic heterocycles. The second-order valence-electron chi connectivity index (χ2n) is 4.77. The molecular weight excluding hydrogens is 198 g/mol. The number of anilines is 1. The number of hydrogen-bond acceptors (Lipinski definition) is 2. The number of rotatable bonds is 2. The van der Waals surface area contributed by atoms with E-state index < -0.39 is 0 Å². The van der Waals surface area contributed by atoms with Crippen molar-refractivity contribution in [3.05, 3.63) is 29.3 Å². The van der Waals surface area contributed by atoms with Crippen molar-refractivity contribution in [1.82, 2.24) is 0 Å². The Morgan fingerprint density at radius 2 is 1.94 bits per heavy atom. The van der Waals surface area contributed by atoms with Crippen LogP contribution in [0.3, 0.4) is 0 Å². The Bertz CT molecular complexity index is 392. The van der Waals surface area contributed by atoms with E-state index in [-0.39, 0.29) is 5.92 Å². The van der Waals surface area contributed by atoms with Gasteiger partial charge in [0, 0.05) is 17.2 Å². The predicted octanol–water partition coefficient (Wildman–Crippen LogP) is 3.34. The third kappa shape index (κ3) is 2.26. The molecule has 0 unspecified atom stereocenters. The molecule has 0 saturated heterocycles. The molecule has 0 heterocycles. The first-order valence-electron chi connectivity index (χ1n) is 6.09. The zero-order valence-electron chi connectivity index (χ0n) is 9.83. The molecular formula is C14H19NO. The molecule has 1 aromatic rings. The highest BCUT2D eigenvalue weighted by Crippen LogP contribution is 2.27. The van der Waals surface area contributed by atoms with Crippen molar-refractivity contribution in [3.8, 4) is 0 Å². The summed E-state index contributed by atoms with van der Waals surface area (Å²) in [4.78, 5) is 12.2. The molecule has 0 aliphatic heterocycles. The minimum atomic E-state index is 0.247. The first kappa shape index (κ1) is 11.2. The summed E-state index contributed by atoms with van der Waals surface area (Å²) < 4.78 is 0. The number of ketones is 1. The SMILES string of the molecule is Cc1cc(C(=O)C2CCCCC2)ccc1N. The summed E-state index contributed by atoms with van der Waals surface area (Å²) in [7, 11) is 0. The van der Waals surface area contributed by atoms with E-state index in [1.54, 1.807) is 0 Å². The van der Waals surface area contributed by atoms with Crippen LogP contribution in [0.25, 0.3) is 0 Å². The van der Waals surface area contributed by atoms with Crippen LogP contribution in [0, 0.1) is 12.8 Å². The second kappa shape index (κ2) is 4.69. The van der Waals surface area contributed by atoms with Crippen LogP contribution < -0.4 is 5.73 Å². The Morgan fingerprint density at radius 3 is 2.56 bits per heavy atom. The molecule has 16 heavy (non-hydrogen) atoms. The maximum absolute atomic E-state index is 12.2. The van der Waals surface area contributed by atoms with Crippen molar-refractivity contribution in [2.45, 2.75) is 39.0 Å². The number of Topliss-reactive ketones (excluding diaryl/α,β-unsaturated/α-hetero) is 1. The molecule has 2 N–H and O–H groups in total. The van der Waals surface area contributed by atoms with Gasteiger partial charge in [-0.3, -0.25) is 4.79 Å². The van der Waals surface area contributed by atoms with E-state index in [1.165, 1.54) is 19.3 Å². The van der Waals surface area contributed by atoms with Crippen LogP contribution in [-0.2, 0) is 0 Å². The smallest absolute Gasteiger partial charge is 0.165 e. The molecule has 0 amide bonds. The number of carbonyl (C=O) groups excluding carboxylic acids is 1. The lowest BCUT2D eigenvalue weighted by molar-refractivity contribution is 0.0889. The highest BCUT2D eigenvalue weighted by atomic mass is 16.1. The highest BCUT2D eigenvalue weighted by molar-refractivity contribution is 5.98. The summed E-state index contributed by atoms with van der Waals surface area (Å²) >= 11 is 0. The maximum Gasteiger partial charge on any atom is 0.165 e. The van der Waals surface area contributed by atoms with Gasteiger partial charge in [-0.25, -0.2) is 0 Å². The Kier molecular flexibility index (Phi) is 3.28. The molecule has 1 saturated carbocycles. The molecule has 0 radical (unpaired) electrons. The lowest BCUT2D eigenvalue weighted by Crippen LogP contribution is -2.18. The molecule has 1 aromatic carbocycles. The van der Waals surface area contributed by atoms with E-state index in [2.05, 4.69) is 0 Å². The summed E-state index contributed by atoms with van der Waals surface area (Å²) in [5.41, 5.74) is 8.35. The van der Waals surface area contributed by atoms with E-state index in [0.717, 1.165) is 29.7 Å². The van der Waals surface area contributed by atoms with E-state index in [9.17, 15) is 4.79 Å². The van der Waals surface area contributed by atoms with Crippen LogP contribution in [0.15, 0.2) is 18.2 Å². The van der Waals surface area contributed by atoms with E-state index in [1.807, 2.05) is 25.1 Å². The topological polar surface area (TPSA) is 43.1 Å².